The number of hydrogen-bond acceptors (Lipinski definition) is 4. The maximum Gasteiger partial charge on any atom is 0.229 e. The van der Waals surface area contributed by atoms with Gasteiger partial charge in [-0.1, -0.05) is 0 Å². The number of nitrogens with zero attached hydrogens (tertiary/aromatic N) is 3. The molecular formula is C16H24N4O2. The van der Waals surface area contributed by atoms with Crippen LogP contribution in [0.1, 0.15) is 30.8 Å². The summed E-state index contributed by atoms with van der Waals surface area (Å²) in [5.74, 6) is 1.26. The summed E-state index contributed by atoms with van der Waals surface area (Å²) in [7, 11) is 0. The number of ether oxygens (including phenoxy) is 1. The summed E-state index contributed by atoms with van der Waals surface area (Å²) in [6.07, 6.45) is 5.30. The number of aromatic amines is 1. The molecule has 4 rings (SSSR count). The molecule has 4 heterocycles. The molecule has 6 heteroatoms. The normalized spacial score (nSPS) is 31.9. The number of nitrogens with one attached hydrogen (secondary N) is 1. The van der Waals surface area contributed by atoms with Crippen molar-refractivity contribution in [2.45, 2.75) is 44.9 Å². The monoisotopic (exact) mass is 304 g/mol. The highest BCUT2D eigenvalue weighted by Crippen LogP contribution is 2.35. The maximum atomic E-state index is 12.8. The Kier molecular flexibility index (Phi) is 3.66. The molecule has 3 fully saturated rings. The van der Waals surface area contributed by atoms with E-state index in [1.807, 2.05) is 18.0 Å². The first-order chi connectivity index (χ1) is 10.7. The average Bonchev–Trinajstić information content (AvgIpc) is 3.24. The fourth-order valence-corrected chi connectivity index (χ4v) is 4.21. The van der Waals surface area contributed by atoms with Crippen LogP contribution in [0, 0.1) is 12.8 Å². The molecule has 6 nitrogen and oxygen atoms in total. The summed E-state index contributed by atoms with van der Waals surface area (Å²) in [4.78, 5) is 24.8. The molecule has 3 aliphatic heterocycles. The SMILES string of the molecule is Cc1ncc(CN2C[C@H](C(=O)N3CCCC3)[C@H]3OCC[C@H]32)[nH]1. The van der Waals surface area contributed by atoms with Crippen molar-refractivity contribution in [3.63, 3.8) is 0 Å². The van der Waals surface area contributed by atoms with Crippen LogP contribution in [0.2, 0.25) is 0 Å². The largest absolute Gasteiger partial charge is 0.376 e. The third kappa shape index (κ3) is 2.44. The Labute approximate surface area is 130 Å². The lowest BCUT2D eigenvalue weighted by molar-refractivity contribution is -0.137. The molecule has 1 aromatic rings. The van der Waals surface area contributed by atoms with E-state index in [2.05, 4.69) is 14.9 Å². The second-order valence-electron chi connectivity index (χ2n) is 6.75. The Morgan fingerprint density at radius 1 is 1.45 bits per heavy atom. The number of carbonyl (C=O) groups is 1. The summed E-state index contributed by atoms with van der Waals surface area (Å²) >= 11 is 0. The Morgan fingerprint density at radius 3 is 3.00 bits per heavy atom. The van der Waals surface area contributed by atoms with Crippen molar-refractivity contribution in [3.8, 4) is 0 Å². The minimum atomic E-state index is 0.00891. The second kappa shape index (κ2) is 5.66. The van der Waals surface area contributed by atoms with Gasteiger partial charge >= 0.3 is 0 Å². The van der Waals surface area contributed by atoms with Crippen LogP contribution in [0.4, 0.5) is 0 Å². The molecule has 1 N–H and O–H groups in total. The Hall–Kier alpha value is -1.40. The molecule has 0 spiro atoms. The van der Waals surface area contributed by atoms with E-state index in [1.165, 1.54) is 0 Å². The van der Waals surface area contributed by atoms with Gasteiger partial charge in [-0.2, -0.15) is 0 Å². The van der Waals surface area contributed by atoms with Crippen LogP contribution in [-0.2, 0) is 16.1 Å². The van der Waals surface area contributed by atoms with Crippen molar-refractivity contribution in [1.29, 1.82) is 0 Å². The van der Waals surface area contributed by atoms with Crippen LogP contribution < -0.4 is 0 Å². The predicted octanol–water partition coefficient (Wildman–Crippen LogP) is 0.930. The topological polar surface area (TPSA) is 61.5 Å². The van der Waals surface area contributed by atoms with Crippen LogP contribution in [-0.4, -0.2) is 64.1 Å². The lowest BCUT2D eigenvalue weighted by Crippen LogP contribution is -2.39. The fourth-order valence-electron chi connectivity index (χ4n) is 4.21. The van der Waals surface area contributed by atoms with Crippen molar-refractivity contribution < 1.29 is 9.53 Å². The molecule has 0 saturated carbocycles. The summed E-state index contributed by atoms with van der Waals surface area (Å²) in [6, 6.07) is 0.375. The number of hydrogen-bond donors (Lipinski definition) is 1. The molecule has 1 amide bonds. The highest BCUT2D eigenvalue weighted by atomic mass is 16.5. The zero-order valence-electron chi connectivity index (χ0n) is 13.1. The van der Waals surface area contributed by atoms with Gasteiger partial charge in [-0.15, -0.1) is 0 Å². The van der Waals surface area contributed by atoms with Crippen molar-refractivity contribution in [3.05, 3.63) is 17.7 Å². The smallest absolute Gasteiger partial charge is 0.229 e. The van der Waals surface area contributed by atoms with E-state index in [0.717, 1.165) is 63.6 Å². The molecule has 0 aliphatic carbocycles. The molecule has 3 atom stereocenters. The van der Waals surface area contributed by atoms with Gasteiger partial charge in [0.05, 0.1) is 12.0 Å². The predicted molar refractivity (Wildman–Crippen MR) is 81.2 cm³/mol. The summed E-state index contributed by atoms with van der Waals surface area (Å²) in [5, 5.41) is 0. The first-order valence-corrected chi connectivity index (χ1v) is 8.37. The van der Waals surface area contributed by atoms with Gasteiger partial charge in [0.25, 0.3) is 0 Å². The van der Waals surface area contributed by atoms with Crippen LogP contribution in [0.15, 0.2) is 6.20 Å². The van der Waals surface area contributed by atoms with E-state index in [-0.39, 0.29) is 12.0 Å². The van der Waals surface area contributed by atoms with E-state index in [9.17, 15) is 4.79 Å². The van der Waals surface area contributed by atoms with Gasteiger partial charge in [0.1, 0.15) is 5.82 Å². The van der Waals surface area contributed by atoms with E-state index in [4.69, 9.17) is 4.74 Å². The third-order valence-corrected chi connectivity index (χ3v) is 5.26. The van der Waals surface area contributed by atoms with Crippen LogP contribution in [0.25, 0.3) is 0 Å². The number of imidazole rings is 1. The molecule has 0 aromatic carbocycles. The standard InChI is InChI=1S/C16H24N4O2/c1-11-17-8-12(18-11)9-20-10-13(15-14(20)4-7-22-15)16(21)19-5-2-3-6-19/h8,13-15H,2-7,9-10H2,1H3,(H,17,18)/t13-,14+,15+/m0/s1. The number of fused-ring (bicyclic) bond motifs is 1. The zero-order valence-corrected chi connectivity index (χ0v) is 13.1. The highest BCUT2D eigenvalue weighted by molar-refractivity contribution is 5.80. The first kappa shape index (κ1) is 14.2. The van der Waals surface area contributed by atoms with Gasteiger partial charge in [-0.25, -0.2) is 4.98 Å². The molecule has 0 unspecified atom stereocenters. The number of H-pyrrole nitrogens is 1. The molecule has 22 heavy (non-hydrogen) atoms. The van der Waals surface area contributed by atoms with Gasteiger partial charge < -0.3 is 14.6 Å². The molecule has 3 aliphatic rings. The van der Waals surface area contributed by atoms with Crippen molar-refractivity contribution in [2.24, 2.45) is 5.92 Å². The lowest BCUT2D eigenvalue weighted by atomic mass is 10.0. The minimum Gasteiger partial charge on any atom is -0.376 e. The van der Waals surface area contributed by atoms with Crippen LogP contribution >= 0.6 is 0 Å². The molecule has 0 bridgehead atoms. The lowest BCUT2D eigenvalue weighted by Gasteiger charge is -2.22. The van der Waals surface area contributed by atoms with Crippen molar-refractivity contribution in [2.75, 3.05) is 26.2 Å². The van der Waals surface area contributed by atoms with Crippen molar-refractivity contribution >= 4 is 5.91 Å². The van der Waals surface area contributed by atoms with Gasteiger partial charge in [0.15, 0.2) is 0 Å². The number of aryl methyl sites for hydroxylation is 1. The number of aromatic nitrogens is 2. The van der Waals surface area contributed by atoms with Crippen molar-refractivity contribution in [1.82, 2.24) is 19.8 Å². The van der Waals surface area contributed by atoms with Crippen LogP contribution in [0.3, 0.4) is 0 Å². The van der Waals surface area contributed by atoms with E-state index >= 15 is 0 Å². The van der Waals surface area contributed by atoms with E-state index in [0.29, 0.717) is 11.9 Å². The molecular weight excluding hydrogens is 280 g/mol. The van der Waals surface area contributed by atoms with E-state index < -0.39 is 0 Å². The molecule has 1 aromatic heterocycles. The summed E-state index contributed by atoms with van der Waals surface area (Å²) in [6.45, 7) is 6.23. The Morgan fingerprint density at radius 2 is 2.27 bits per heavy atom. The van der Waals surface area contributed by atoms with Gasteiger partial charge in [0.2, 0.25) is 5.91 Å². The van der Waals surface area contributed by atoms with Gasteiger partial charge in [0, 0.05) is 50.7 Å². The zero-order chi connectivity index (χ0) is 15.1. The average molecular weight is 304 g/mol. The molecule has 120 valence electrons. The molecule has 3 saturated heterocycles. The second-order valence-corrected chi connectivity index (χ2v) is 6.75. The highest BCUT2D eigenvalue weighted by Gasteiger charge is 2.49. The number of carbonyl (C=O) groups excluding carboxylic acids is 1. The Balaban J connectivity index is 1.48. The van der Waals surface area contributed by atoms with E-state index in [1.54, 1.807) is 0 Å². The quantitative estimate of drug-likeness (QED) is 0.902. The maximum absolute atomic E-state index is 12.8. The number of rotatable bonds is 3. The minimum absolute atomic E-state index is 0.00891. The first-order valence-electron chi connectivity index (χ1n) is 8.37. The molecule has 0 radical (unpaired) electrons. The summed E-state index contributed by atoms with van der Waals surface area (Å²) in [5.41, 5.74) is 1.12. The number of amides is 1. The summed E-state index contributed by atoms with van der Waals surface area (Å²) < 4.78 is 5.93. The van der Waals surface area contributed by atoms with Gasteiger partial charge in [-0.3, -0.25) is 9.69 Å². The Bertz CT molecular complexity index is 552. The van der Waals surface area contributed by atoms with Gasteiger partial charge in [-0.05, 0) is 26.2 Å². The third-order valence-electron chi connectivity index (χ3n) is 5.26. The number of likely N-dealkylation sites (tertiary alicyclic amines) is 2. The fraction of sp³-hybridized carbons (Fsp3) is 0.750. The van der Waals surface area contributed by atoms with Crippen LogP contribution in [0.5, 0.6) is 0 Å².